The first-order valence-corrected chi connectivity index (χ1v) is 8.70. The first-order valence-electron chi connectivity index (χ1n) is 8.70. The van der Waals surface area contributed by atoms with Crippen molar-refractivity contribution in [1.29, 1.82) is 0 Å². The van der Waals surface area contributed by atoms with Crippen molar-refractivity contribution in [2.75, 3.05) is 10.6 Å². The minimum atomic E-state index is -0.347. The van der Waals surface area contributed by atoms with Crippen molar-refractivity contribution < 1.29 is 14.4 Å². The fourth-order valence-corrected chi connectivity index (χ4v) is 2.99. The lowest BCUT2D eigenvalue weighted by Gasteiger charge is -2.19. The van der Waals surface area contributed by atoms with Gasteiger partial charge in [0, 0.05) is 24.3 Å². The van der Waals surface area contributed by atoms with Gasteiger partial charge in [0.1, 0.15) is 5.70 Å². The number of hydrogen-bond donors (Lipinski definition) is 2. The molecule has 6 heteroatoms. The average molecular weight is 363 g/mol. The number of hydrogen-bond acceptors (Lipinski definition) is 4. The molecule has 0 aliphatic carbocycles. The third-order valence-corrected chi connectivity index (χ3v) is 4.17. The molecule has 0 atom stereocenters. The number of nitrogens with zero attached hydrogens (tertiary/aromatic N) is 1. The zero-order valence-electron chi connectivity index (χ0n) is 15.4. The van der Waals surface area contributed by atoms with Gasteiger partial charge in [0.05, 0.1) is 5.57 Å². The normalized spacial score (nSPS) is 14.1. The smallest absolute Gasteiger partial charge is 0.278 e. The van der Waals surface area contributed by atoms with Crippen LogP contribution in [-0.2, 0) is 14.4 Å². The Hall–Kier alpha value is -3.41. The maximum absolute atomic E-state index is 13.0. The van der Waals surface area contributed by atoms with E-state index in [-0.39, 0.29) is 29.5 Å². The SMILES string of the molecule is CC(=O)Nc1ccc(C2=C(Nc3ccccc3)C(=O)N(C(C)C)C2=O)cc1. The van der Waals surface area contributed by atoms with E-state index in [1.54, 1.807) is 38.1 Å². The van der Waals surface area contributed by atoms with Crippen LogP contribution in [0.5, 0.6) is 0 Å². The van der Waals surface area contributed by atoms with Crippen molar-refractivity contribution in [3.63, 3.8) is 0 Å². The van der Waals surface area contributed by atoms with Gasteiger partial charge in [-0.1, -0.05) is 30.3 Å². The Kier molecular flexibility index (Phi) is 5.07. The number of nitrogens with one attached hydrogen (secondary N) is 2. The second-order valence-corrected chi connectivity index (χ2v) is 6.57. The molecule has 1 aliphatic rings. The lowest BCUT2D eigenvalue weighted by molar-refractivity contribution is -0.138. The van der Waals surface area contributed by atoms with E-state index in [4.69, 9.17) is 0 Å². The van der Waals surface area contributed by atoms with Crippen LogP contribution < -0.4 is 10.6 Å². The largest absolute Gasteiger partial charge is 0.350 e. The summed E-state index contributed by atoms with van der Waals surface area (Å²) in [6.45, 7) is 5.04. The number of imide groups is 1. The fourth-order valence-electron chi connectivity index (χ4n) is 2.99. The molecule has 3 rings (SSSR count). The maximum atomic E-state index is 13.0. The molecule has 6 nitrogen and oxygen atoms in total. The molecule has 2 aromatic carbocycles. The van der Waals surface area contributed by atoms with Crippen LogP contribution in [0, 0.1) is 0 Å². The summed E-state index contributed by atoms with van der Waals surface area (Å²) in [5.74, 6) is -0.855. The summed E-state index contributed by atoms with van der Waals surface area (Å²) in [6.07, 6.45) is 0. The molecular weight excluding hydrogens is 342 g/mol. The van der Waals surface area contributed by atoms with Crippen LogP contribution in [0.2, 0.25) is 0 Å². The van der Waals surface area contributed by atoms with Gasteiger partial charge in [-0.2, -0.15) is 0 Å². The summed E-state index contributed by atoms with van der Waals surface area (Å²) >= 11 is 0. The van der Waals surface area contributed by atoms with Crippen molar-refractivity contribution in [2.24, 2.45) is 0 Å². The van der Waals surface area contributed by atoms with Crippen molar-refractivity contribution in [3.8, 4) is 0 Å². The average Bonchev–Trinajstić information content (AvgIpc) is 2.86. The monoisotopic (exact) mass is 363 g/mol. The van der Waals surface area contributed by atoms with E-state index in [9.17, 15) is 14.4 Å². The van der Waals surface area contributed by atoms with Gasteiger partial charge in [-0.3, -0.25) is 19.3 Å². The molecule has 27 heavy (non-hydrogen) atoms. The number of carbonyl (C=O) groups excluding carboxylic acids is 3. The molecule has 3 amide bonds. The lowest BCUT2D eigenvalue weighted by Crippen LogP contribution is -2.38. The fraction of sp³-hybridized carbons (Fsp3) is 0.190. The Balaban J connectivity index is 2.03. The molecule has 1 aliphatic heterocycles. The van der Waals surface area contributed by atoms with Gasteiger partial charge in [-0.15, -0.1) is 0 Å². The number of anilines is 2. The molecule has 0 bridgehead atoms. The lowest BCUT2D eigenvalue weighted by atomic mass is 10.0. The Morgan fingerprint density at radius 1 is 0.889 bits per heavy atom. The van der Waals surface area contributed by atoms with Crippen LogP contribution in [0.3, 0.4) is 0 Å². The van der Waals surface area contributed by atoms with Crippen molar-refractivity contribution in [1.82, 2.24) is 4.90 Å². The zero-order valence-corrected chi connectivity index (χ0v) is 15.4. The number of para-hydroxylation sites is 1. The maximum Gasteiger partial charge on any atom is 0.278 e. The van der Waals surface area contributed by atoms with Gasteiger partial charge in [-0.05, 0) is 43.7 Å². The van der Waals surface area contributed by atoms with Gasteiger partial charge in [0.25, 0.3) is 11.8 Å². The summed E-state index contributed by atoms with van der Waals surface area (Å²) in [7, 11) is 0. The van der Waals surface area contributed by atoms with E-state index in [0.717, 1.165) is 5.69 Å². The zero-order chi connectivity index (χ0) is 19.6. The van der Waals surface area contributed by atoms with Crippen molar-refractivity contribution in [3.05, 3.63) is 65.9 Å². The highest BCUT2D eigenvalue weighted by molar-refractivity contribution is 6.36. The quantitative estimate of drug-likeness (QED) is 0.800. The Morgan fingerprint density at radius 2 is 1.52 bits per heavy atom. The molecule has 0 unspecified atom stereocenters. The van der Waals surface area contributed by atoms with E-state index >= 15 is 0 Å². The van der Waals surface area contributed by atoms with E-state index in [0.29, 0.717) is 16.8 Å². The molecule has 1 heterocycles. The molecule has 0 radical (unpaired) electrons. The van der Waals surface area contributed by atoms with Crippen molar-refractivity contribution in [2.45, 2.75) is 26.8 Å². The number of carbonyl (C=O) groups is 3. The number of amides is 3. The van der Waals surface area contributed by atoms with Crippen LogP contribution >= 0.6 is 0 Å². The van der Waals surface area contributed by atoms with E-state index in [1.807, 2.05) is 30.3 Å². The number of benzene rings is 2. The molecule has 0 saturated carbocycles. The Labute approximate surface area is 157 Å². The van der Waals surface area contributed by atoms with Gasteiger partial charge >= 0.3 is 0 Å². The van der Waals surface area contributed by atoms with Crippen LogP contribution in [0.4, 0.5) is 11.4 Å². The van der Waals surface area contributed by atoms with Crippen LogP contribution in [0.1, 0.15) is 26.3 Å². The second kappa shape index (κ2) is 7.45. The van der Waals surface area contributed by atoms with E-state index in [1.165, 1.54) is 11.8 Å². The highest BCUT2D eigenvalue weighted by Crippen LogP contribution is 2.32. The number of rotatable bonds is 5. The summed E-state index contributed by atoms with van der Waals surface area (Å²) < 4.78 is 0. The Bertz CT molecular complexity index is 915. The first-order chi connectivity index (χ1) is 12.9. The summed E-state index contributed by atoms with van der Waals surface area (Å²) in [6, 6.07) is 15.9. The van der Waals surface area contributed by atoms with Crippen molar-refractivity contribution >= 4 is 34.7 Å². The molecule has 2 N–H and O–H groups in total. The third kappa shape index (κ3) is 3.74. The molecule has 0 aromatic heterocycles. The minimum absolute atomic E-state index is 0.175. The summed E-state index contributed by atoms with van der Waals surface area (Å²) in [5, 5.41) is 5.79. The van der Waals surface area contributed by atoms with E-state index in [2.05, 4.69) is 10.6 Å². The third-order valence-electron chi connectivity index (χ3n) is 4.17. The van der Waals surface area contributed by atoms with Gasteiger partial charge < -0.3 is 10.6 Å². The van der Waals surface area contributed by atoms with Gasteiger partial charge in [0.2, 0.25) is 5.91 Å². The summed E-state index contributed by atoms with van der Waals surface area (Å²) in [4.78, 5) is 38.3. The summed E-state index contributed by atoms with van der Waals surface area (Å²) in [5.41, 5.74) is 2.55. The Morgan fingerprint density at radius 3 is 2.07 bits per heavy atom. The molecular formula is C21H21N3O3. The molecule has 0 spiro atoms. The topological polar surface area (TPSA) is 78.5 Å². The standard InChI is InChI=1S/C21H21N3O3/c1-13(2)24-20(26)18(15-9-11-17(12-10-15)22-14(3)25)19(21(24)27)23-16-7-5-4-6-8-16/h4-13,23H,1-3H3,(H,22,25). The molecule has 138 valence electrons. The van der Waals surface area contributed by atoms with Gasteiger partial charge in [0.15, 0.2) is 0 Å². The van der Waals surface area contributed by atoms with E-state index < -0.39 is 0 Å². The predicted octanol–water partition coefficient (Wildman–Crippen LogP) is 3.25. The predicted molar refractivity (Wildman–Crippen MR) is 105 cm³/mol. The van der Waals surface area contributed by atoms with Gasteiger partial charge in [-0.25, -0.2) is 0 Å². The highest BCUT2D eigenvalue weighted by atomic mass is 16.2. The molecule has 2 aromatic rings. The minimum Gasteiger partial charge on any atom is -0.350 e. The molecule has 0 saturated heterocycles. The highest BCUT2D eigenvalue weighted by Gasteiger charge is 2.40. The first kappa shape index (κ1) is 18.4. The van der Waals surface area contributed by atoms with Crippen LogP contribution in [0.25, 0.3) is 5.57 Å². The second-order valence-electron chi connectivity index (χ2n) is 6.57. The van der Waals surface area contributed by atoms with Crippen LogP contribution in [0.15, 0.2) is 60.3 Å². The molecule has 0 fully saturated rings. The van der Waals surface area contributed by atoms with Crippen LogP contribution in [-0.4, -0.2) is 28.7 Å².